The van der Waals surface area contributed by atoms with Crippen molar-refractivity contribution in [2.75, 3.05) is 106 Å². The molecule has 0 atom stereocenters. The van der Waals surface area contributed by atoms with Crippen LogP contribution in [0.2, 0.25) is 0 Å². The molecule has 0 spiro atoms. The maximum atomic E-state index is 5.77. The predicted octanol–water partition coefficient (Wildman–Crippen LogP) is 4.18. The third-order valence-electron chi connectivity index (χ3n) is 7.46. The van der Waals surface area contributed by atoms with Crippen molar-refractivity contribution in [3.63, 3.8) is 0 Å². The van der Waals surface area contributed by atoms with Gasteiger partial charge in [0.1, 0.15) is 0 Å². The third-order valence-corrected chi connectivity index (χ3v) is 7.90. The minimum Gasteiger partial charge on any atom is -0.779 e. The van der Waals surface area contributed by atoms with Gasteiger partial charge in [0.15, 0.2) is 0 Å². The number of hydrogen-bond donors (Lipinski definition) is 0. The van der Waals surface area contributed by atoms with E-state index >= 15 is 0 Å². The molecule has 4 rings (SSSR count). The number of hydrogen-bond acceptors (Lipinski definition) is 9. The second kappa shape index (κ2) is 27.7. The fourth-order valence-corrected chi connectivity index (χ4v) is 5.25. The van der Waals surface area contributed by atoms with Crippen LogP contribution in [0.3, 0.4) is 0 Å². The minimum absolute atomic E-state index is 0. The molecular weight excluding hydrogens is 639 g/mol. The molecule has 3 saturated heterocycles. The first kappa shape index (κ1) is 48.1. The average molecular weight is 709 g/mol. The van der Waals surface area contributed by atoms with Crippen molar-refractivity contribution in [2.24, 2.45) is 0 Å². The molecule has 1 aromatic rings. The first-order valence-electron chi connectivity index (χ1n) is 17.7. The van der Waals surface area contributed by atoms with Gasteiger partial charge in [-0.1, -0.05) is 85.6 Å². The molecular formula is C38H69NaO8S. The van der Waals surface area contributed by atoms with E-state index in [4.69, 9.17) is 50.5 Å². The van der Waals surface area contributed by atoms with Gasteiger partial charge in [0.2, 0.25) is 0 Å². The fourth-order valence-electron chi connectivity index (χ4n) is 4.52. The van der Waals surface area contributed by atoms with Crippen molar-refractivity contribution >= 4 is 12.6 Å². The molecule has 0 aromatic heterocycles. The molecule has 3 heterocycles. The van der Waals surface area contributed by atoms with E-state index in [1.54, 1.807) is 0 Å². The van der Waals surface area contributed by atoms with Crippen molar-refractivity contribution in [1.29, 1.82) is 0 Å². The van der Waals surface area contributed by atoms with Crippen LogP contribution in [0, 0.1) is 0 Å². The van der Waals surface area contributed by atoms with E-state index in [0.717, 1.165) is 31.3 Å². The normalized spacial score (nSPS) is 19.4. The molecule has 10 heteroatoms. The zero-order valence-electron chi connectivity index (χ0n) is 32.5. The minimum atomic E-state index is 0. The summed E-state index contributed by atoms with van der Waals surface area (Å²) in [6.07, 6.45) is 5.11. The quantitative estimate of drug-likeness (QED) is 0.292. The zero-order chi connectivity index (χ0) is 35.0. The van der Waals surface area contributed by atoms with Gasteiger partial charge in [0, 0.05) is 26.4 Å². The van der Waals surface area contributed by atoms with Crippen LogP contribution < -0.4 is 29.6 Å². The Balaban J connectivity index is 0.000000699. The topological polar surface area (TPSA) is 73.8 Å². The summed E-state index contributed by atoms with van der Waals surface area (Å²) in [7, 11) is 0. The molecule has 276 valence electrons. The second-order valence-electron chi connectivity index (χ2n) is 15.0. The Hall–Kier alpha value is 0.120. The molecule has 0 aliphatic carbocycles. The van der Waals surface area contributed by atoms with Crippen LogP contribution in [0.25, 0.3) is 0 Å². The molecule has 3 aliphatic rings. The van der Waals surface area contributed by atoms with Gasteiger partial charge >= 0.3 is 29.6 Å². The van der Waals surface area contributed by atoms with Crippen LogP contribution in [0.4, 0.5) is 0 Å². The first-order valence-corrected chi connectivity index (χ1v) is 18.1. The van der Waals surface area contributed by atoms with Crippen molar-refractivity contribution in [3.8, 4) is 0 Å². The number of ether oxygens (including phenoxy) is 8. The molecule has 0 amide bonds. The fraction of sp³-hybridized carbons (Fsp3) is 0.842. The van der Waals surface area contributed by atoms with Crippen LogP contribution in [0.15, 0.2) is 17.0 Å². The smallest absolute Gasteiger partial charge is 0.779 e. The molecule has 3 fully saturated rings. The Morgan fingerprint density at radius 3 is 0.729 bits per heavy atom. The predicted molar refractivity (Wildman–Crippen MR) is 193 cm³/mol. The van der Waals surface area contributed by atoms with Gasteiger partial charge in [-0.25, -0.2) is 0 Å². The summed E-state index contributed by atoms with van der Waals surface area (Å²) in [5.74, 6) is 0. The summed E-state index contributed by atoms with van der Waals surface area (Å²) in [5, 5.41) is 0. The zero-order valence-corrected chi connectivity index (χ0v) is 35.3. The van der Waals surface area contributed by atoms with Gasteiger partial charge in [0.25, 0.3) is 0 Å². The Morgan fingerprint density at radius 2 is 0.583 bits per heavy atom. The summed E-state index contributed by atoms with van der Waals surface area (Å²) in [6, 6.07) is 4.63. The molecule has 3 aliphatic heterocycles. The van der Waals surface area contributed by atoms with E-state index in [2.05, 4.69) is 74.4 Å². The van der Waals surface area contributed by atoms with Gasteiger partial charge in [-0.15, -0.1) is 0 Å². The Bertz CT molecular complexity index is 768. The summed E-state index contributed by atoms with van der Waals surface area (Å²) < 4.78 is 41.9. The van der Waals surface area contributed by atoms with Gasteiger partial charge in [-0.2, -0.15) is 4.90 Å². The van der Waals surface area contributed by atoms with Crippen LogP contribution in [0.1, 0.15) is 105 Å². The van der Waals surface area contributed by atoms with Crippen molar-refractivity contribution in [1.82, 2.24) is 0 Å². The van der Waals surface area contributed by atoms with Crippen molar-refractivity contribution in [2.45, 2.75) is 109 Å². The number of rotatable bonds is 0. The standard InChI is InChI=1S/C18H30S.C12H24O6.2C4H8O.Na/c1-16(2,3)12-10-13(17(4,5)6)15(19)14(11-12)18(7,8)9;1-2-14-5-6-16-9-10-18-12-11-17-8-7-15-4-3-13-1;2*1-2-4-5-3-1;/h10-11,19H,1-9H3;1-12H2;2*1-4H2;/q;;;;+1/p-1. The molecule has 0 radical (unpaired) electrons. The first-order chi connectivity index (χ1) is 22.2. The maximum absolute atomic E-state index is 5.77. The van der Waals surface area contributed by atoms with Crippen LogP contribution >= 0.6 is 0 Å². The van der Waals surface area contributed by atoms with Gasteiger partial charge in [-0.3, -0.25) is 0 Å². The Morgan fingerprint density at radius 1 is 0.375 bits per heavy atom. The van der Waals surface area contributed by atoms with Crippen molar-refractivity contribution in [3.05, 3.63) is 28.8 Å². The Kier molecular flexibility index (Phi) is 27.8. The van der Waals surface area contributed by atoms with Crippen LogP contribution in [0.5, 0.6) is 0 Å². The third kappa shape index (κ3) is 24.3. The molecule has 48 heavy (non-hydrogen) atoms. The summed E-state index contributed by atoms with van der Waals surface area (Å²) in [5.41, 5.74) is 4.34. The monoisotopic (exact) mass is 708 g/mol. The maximum Gasteiger partial charge on any atom is 1.00 e. The summed E-state index contributed by atoms with van der Waals surface area (Å²) in [4.78, 5) is 1.05. The van der Waals surface area contributed by atoms with Crippen LogP contribution in [-0.4, -0.2) is 106 Å². The van der Waals surface area contributed by atoms with E-state index in [-0.39, 0.29) is 45.8 Å². The van der Waals surface area contributed by atoms with E-state index in [1.807, 2.05) is 0 Å². The molecule has 0 saturated carbocycles. The molecule has 0 bridgehead atoms. The van der Waals surface area contributed by atoms with Crippen LogP contribution in [-0.2, 0) is 66.8 Å². The second-order valence-corrected chi connectivity index (χ2v) is 15.4. The van der Waals surface area contributed by atoms with Gasteiger partial charge in [0.05, 0.1) is 79.3 Å². The molecule has 1 aromatic carbocycles. The molecule has 8 nitrogen and oxygen atoms in total. The van der Waals surface area contributed by atoms with E-state index in [9.17, 15) is 0 Å². The van der Waals surface area contributed by atoms with Crippen molar-refractivity contribution < 1.29 is 67.5 Å². The van der Waals surface area contributed by atoms with E-state index in [1.165, 1.54) is 42.4 Å². The summed E-state index contributed by atoms with van der Waals surface area (Å²) >= 11 is 5.77. The average Bonchev–Trinajstić information content (AvgIpc) is 3.76. The SMILES string of the molecule is C1CCOC1.C1CCOC1.C1COCCOCCOCCOCCOCCO1.CC(C)(C)c1cc(C(C)(C)C)c([S-])c(C(C)(C)C)c1.[Na+]. The van der Waals surface area contributed by atoms with E-state index in [0.29, 0.717) is 79.3 Å². The Labute approximate surface area is 322 Å². The molecule has 0 N–H and O–H groups in total. The van der Waals surface area contributed by atoms with Gasteiger partial charge in [-0.05, 0) is 47.5 Å². The summed E-state index contributed by atoms with van der Waals surface area (Å²) in [6.45, 7) is 31.3. The van der Waals surface area contributed by atoms with E-state index < -0.39 is 0 Å². The number of benzene rings is 1. The van der Waals surface area contributed by atoms with Gasteiger partial charge < -0.3 is 50.5 Å². The molecule has 0 unspecified atom stereocenters. The largest absolute Gasteiger partial charge is 1.00 e.